The number of halogens is 1. The quantitative estimate of drug-likeness (QED) is 0.517. The zero-order valence-corrected chi connectivity index (χ0v) is 16.1. The maximum Gasteiger partial charge on any atom is 0.138 e. The lowest BCUT2D eigenvalue weighted by molar-refractivity contribution is 0.377. The maximum absolute atomic E-state index is 9.67. The first kappa shape index (κ1) is 19.9. The van der Waals surface area contributed by atoms with Crippen LogP contribution in [0.1, 0.15) is 5.56 Å². The van der Waals surface area contributed by atoms with E-state index in [1.54, 1.807) is 36.4 Å². The third-order valence-electron chi connectivity index (χ3n) is 4.04. The van der Waals surface area contributed by atoms with Crippen LogP contribution in [0, 0.1) is 11.3 Å². The lowest BCUT2D eigenvalue weighted by Gasteiger charge is -2.13. The molecule has 3 aromatic rings. The van der Waals surface area contributed by atoms with Crippen molar-refractivity contribution < 1.29 is 9.84 Å². The Balaban J connectivity index is 1.89. The third-order valence-corrected chi connectivity index (χ3v) is 4.34. The van der Waals surface area contributed by atoms with Crippen LogP contribution in [0.2, 0.25) is 5.02 Å². The van der Waals surface area contributed by atoms with Crippen molar-refractivity contribution in [1.82, 2.24) is 4.98 Å². The van der Waals surface area contributed by atoms with E-state index < -0.39 is 0 Å². The summed E-state index contributed by atoms with van der Waals surface area (Å²) in [5.41, 5.74) is 2.81. The van der Waals surface area contributed by atoms with Crippen molar-refractivity contribution in [2.24, 2.45) is 4.99 Å². The van der Waals surface area contributed by atoms with Gasteiger partial charge >= 0.3 is 0 Å². The molecule has 29 heavy (non-hydrogen) atoms. The van der Waals surface area contributed by atoms with Gasteiger partial charge in [-0.05, 0) is 36.4 Å². The SMILES string of the molecule is C=CN=C(C=C)COc1ccc(Nc2c(C#N)cnc3cc(O)ccc23)cc1Cl. The molecule has 0 atom stereocenters. The van der Waals surface area contributed by atoms with Crippen molar-refractivity contribution in [2.45, 2.75) is 0 Å². The highest BCUT2D eigenvalue weighted by atomic mass is 35.5. The number of nitrogens with one attached hydrogen (secondary N) is 1. The minimum absolute atomic E-state index is 0.101. The van der Waals surface area contributed by atoms with Gasteiger partial charge in [0, 0.05) is 29.5 Å². The number of anilines is 2. The van der Waals surface area contributed by atoms with Crippen LogP contribution in [0.5, 0.6) is 11.5 Å². The van der Waals surface area contributed by atoms with Gasteiger partial charge in [0.15, 0.2) is 0 Å². The molecule has 0 fully saturated rings. The molecule has 144 valence electrons. The Morgan fingerprint density at radius 1 is 1.31 bits per heavy atom. The molecule has 2 N–H and O–H groups in total. The normalized spacial score (nSPS) is 11.0. The van der Waals surface area contributed by atoms with Crippen LogP contribution in [0.4, 0.5) is 11.4 Å². The van der Waals surface area contributed by atoms with Crippen LogP contribution in [0.15, 0.2) is 73.0 Å². The fraction of sp³-hybridized carbons (Fsp3) is 0.0455. The molecule has 1 aromatic heterocycles. The van der Waals surface area contributed by atoms with Crippen molar-refractivity contribution in [3.8, 4) is 17.6 Å². The molecule has 0 saturated heterocycles. The number of ether oxygens (including phenoxy) is 1. The topological polar surface area (TPSA) is 90.5 Å². The summed E-state index contributed by atoms with van der Waals surface area (Å²) in [7, 11) is 0. The first-order chi connectivity index (χ1) is 14.0. The minimum atomic E-state index is 0.101. The molecule has 2 aromatic carbocycles. The van der Waals surface area contributed by atoms with Crippen molar-refractivity contribution >= 4 is 39.6 Å². The molecule has 0 unspecified atom stereocenters. The predicted molar refractivity (Wildman–Crippen MR) is 116 cm³/mol. The summed E-state index contributed by atoms with van der Waals surface area (Å²) in [5.74, 6) is 0.588. The molecule has 1 heterocycles. The van der Waals surface area contributed by atoms with Gasteiger partial charge in [-0.15, -0.1) is 0 Å². The third kappa shape index (κ3) is 4.54. The molecule has 0 bridgehead atoms. The average Bonchev–Trinajstić information content (AvgIpc) is 2.72. The van der Waals surface area contributed by atoms with Gasteiger partial charge in [0.25, 0.3) is 0 Å². The van der Waals surface area contributed by atoms with E-state index in [9.17, 15) is 10.4 Å². The molecule has 0 radical (unpaired) electrons. The van der Waals surface area contributed by atoms with Gasteiger partial charge in [0.05, 0.1) is 27.5 Å². The van der Waals surface area contributed by atoms with Crippen LogP contribution in [0.3, 0.4) is 0 Å². The number of aromatic nitrogens is 1. The van der Waals surface area contributed by atoms with E-state index in [1.165, 1.54) is 18.5 Å². The molecule has 6 nitrogen and oxygen atoms in total. The first-order valence-electron chi connectivity index (χ1n) is 8.57. The van der Waals surface area contributed by atoms with E-state index in [0.29, 0.717) is 44.3 Å². The van der Waals surface area contributed by atoms with Crippen molar-refractivity contribution in [3.63, 3.8) is 0 Å². The molecule has 0 aliphatic carbocycles. The largest absolute Gasteiger partial charge is 0.508 e. The molecule has 0 aliphatic heterocycles. The Bertz CT molecular complexity index is 1170. The summed E-state index contributed by atoms with van der Waals surface area (Å²) >= 11 is 6.35. The Morgan fingerprint density at radius 2 is 2.14 bits per heavy atom. The Labute approximate surface area is 173 Å². The van der Waals surface area contributed by atoms with Crippen LogP contribution < -0.4 is 10.1 Å². The molecule has 0 spiro atoms. The maximum atomic E-state index is 9.67. The number of aliphatic imine (C=N–C) groups is 1. The summed E-state index contributed by atoms with van der Waals surface area (Å²) in [5, 5.41) is 23.4. The van der Waals surface area contributed by atoms with Gasteiger partial charge < -0.3 is 15.2 Å². The van der Waals surface area contributed by atoms with E-state index >= 15 is 0 Å². The number of phenolic OH excluding ortho intramolecular Hbond substituents is 1. The number of fused-ring (bicyclic) bond motifs is 1. The number of rotatable bonds is 7. The number of aromatic hydroxyl groups is 1. The number of hydrogen-bond acceptors (Lipinski definition) is 6. The van der Waals surface area contributed by atoms with Gasteiger partial charge in [0.1, 0.15) is 24.2 Å². The summed E-state index contributed by atoms with van der Waals surface area (Å²) in [6, 6.07) is 12.1. The minimum Gasteiger partial charge on any atom is -0.508 e. The zero-order valence-electron chi connectivity index (χ0n) is 15.4. The van der Waals surface area contributed by atoms with E-state index in [4.69, 9.17) is 16.3 Å². The first-order valence-corrected chi connectivity index (χ1v) is 8.94. The molecule has 7 heteroatoms. The average molecular weight is 405 g/mol. The van der Waals surface area contributed by atoms with Crippen LogP contribution in [-0.2, 0) is 0 Å². The monoisotopic (exact) mass is 404 g/mol. The van der Waals surface area contributed by atoms with E-state index in [1.807, 2.05) is 0 Å². The molecule has 0 aliphatic rings. The van der Waals surface area contributed by atoms with Crippen LogP contribution in [0.25, 0.3) is 10.9 Å². The number of hydrogen-bond donors (Lipinski definition) is 2. The van der Waals surface area contributed by atoms with E-state index in [-0.39, 0.29) is 12.4 Å². The predicted octanol–water partition coefficient (Wildman–Crippen LogP) is 5.36. The number of phenols is 1. The van der Waals surface area contributed by atoms with Gasteiger partial charge in [-0.25, -0.2) is 0 Å². The van der Waals surface area contributed by atoms with Crippen LogP contribution in [-0.4, -0.2) is 22.4 Å². The van der Waals surface area contributed by atoms with Crippen molar-refractivity contribution in [2.75, 3.05) is 11.9 Å². The van der Waals surface area contributed by atoms with Crippen molar-refractivity contribution in [3.05, 3.63) is 78.6 Å². The number of nitrogens with zero attached hydrogens (tertiary/aromatic N) is 3. The summed E-state index contributed by atoms with van der Waals surface area (Å²) in [6.45, 7) is 7.43. The second-order valence-corrected chi connectivity index (χ2v) is 6.33. The highest BCUT2D eigenvalue weighted by Crippen LogP contribution is 2.33. The standard InChI is InChI=1S/C22H17ClN4O2/c1-3-15(25-4-2)13-29-21-8-5-16(9-19(21)23)27-22-14(11-24)12-26-20-10-17(28)6-7-18(20)22/h3-10,12,28H,1-2,13H2,(H,26,27). The Kier molecular flexibility index (Phi) is 6.12. The van der Waals surface area contributed by atoms with Crippen LogP contribution >= 0.6 is 11.6 Å². The van der Waals surface area contributed by atoms with Gasteiger partial charge in [-0.2, -0.15) is 5.26 Å². The smallest absolute Gasteiger partial charge is 0.138 e. The lowest BCUT2D eigenvalue weighted by Crippen LogP contribution is -2.08. The molecule has 0 saturated carbocycles. The summed E-state index contributed by atoms with van der Waals surface area (Å²) in [4.78, 5) is 8.26. The highest BCUT2D eigenvalue weighted by molar-refractivity contribution is 6.32. The fourth-order valence-corrected chi connectivity index (χ4v) is 2.89. The second-order valence-electron chi connectivity index (χ2n) is 5.93. The zero-order chi connectivity index (χ0) is 20.8. The van der Waals surface area contributed by atoms with Gasteiger partial charge in [0.2, 0.25) is 0 Å². The van der Waals surface area contributed by atoms with Gasteiger partial charge in [-0.1, -0.05) is 24.8 Å². The molecular weight excluding hydrogens is 388 g/mol. The summed E-state index contributed by atoms with van der Waals surface area (Å²) in [6.07, 6.45) is 4.46. The summed E-state index contributed by atoms with van der Waals surface area (Å²) < 4.78 is 5.68. The molecule has 3 rings (SSSR count). The molecular formula is C22H17ClN4O2. The lowest BCUT2D eigenvalue weighted by atomic mass is 10.1. The second kappa shape index (κ2) is 8.91. The number of benzene rings is 2. The van der Waals surface area contributed by atoms with Crippen molar-refractivity contribution in [1.29, 1.82) is 5.26 Å². The van der Waals surface area contributed by atoms with E-state index in [0.717, 1.165) is 0 Å². The van der Waals surface area contributed by atoms with Gasteiger partial charge in [-0.3, -0.25) is 9.98 Å². The number of nitriles is 1. The van der Waals surface area contributed by atoms with E-state index in [2.05, 4.69) is 34.5 Å². The highest BCUT2D eigenvalue weighted by Gasteiger charge is 2.11. The fourth-order valence-electron chi connectivity index (χ4n) is 2.66. The molecule has 0 amide bonds. The Morgan fingerprint density at radius 3 is 2.83 bits per heavy atom. The Hall–Kier alpha value is -3.82. The number of pyridine rings is 1.